The summed E-state index contributed by atoms with van der Waals surface area (Å²) in [6.07, 6.45) is 8.62. The van der Waals surface area contributed by atoms with E-state index in [-0.39, 0.29) is 34.5 Å². The number of allylic oxidation sites excluding steroid dienone is 1. The summed E-state index contributed by atoms with van der Waals surface area (Å²) in [5.74, 6) is 1.66. The third kappa shape index (κ3) is 2.52. The van der Waals surface area contributed by atoms with E-state index in [9.17, 15) is 9.59 Å². The molecule has 1 unspecified atom stereocenters. The Morgan fingerprint density at radius 2 is 1.94 bits per heavy atom. The molecule has 7 atom stereocenters. The number of rotatable bonds is 2. The molecule has 3 saturated carbocycles. The van der Waals surface area contributed by atoms with Gasteiger partial charge in [0.05, 0.1) is 11.6 Å². The first-order valence-corrected chi connectivity index (χ1v) is 12.2. The van der Waals surface area contributed by atoms with Crippen LogP contribution in [0.4, 0.5) is 0 Å². The van der Waals surface area contributed by atoms with Crippen LogP contribution in [-0.4, -0.2) is 26.7 Å². The van der Waals surface area contributed by atoms with E-state index in [1.165, 1.54) is 5.57 Å². The monoisotopic (exact) mass is 432 g/mol. The van der Waals surface area contributed by atoms with E-state index < -0.39 is 0 Å². The molecule has 2 aromatic rings. The number of aromatic nitrogens is 3. The fourth-order valence-corrected chi connectivity index (χ4v) is 8.53. The van der Waals surface area contributed by atoms with Gasteiger partial charge in [-0.25, -0.2) is 4.68 Å². The van der Waals surface area contributed by atoms with Gasteiger partial charge in [-0.05, 0) is 79.9 Å². The molecule has 6 heteroatoms. The Morgan fingerprint density at radius 1 is 1.12 bits per heavy atom. The average Bonchev–Trinajstić information content (AvgIpc) is 3.34. The molecule has 0 saturated heterocycles. The number of ketones is 1. The zero-order valence-electron chi connectivity index (χ0n) is 19.0. The molecule has 0 radical (unpaired) electrons. The summed E-state index contributed by atoms with van der Waals surface area (Å²) in [7, 11) is 0. The number of nitrogens with zero attached hydrogens (tertiary/aromatic N) is 3. The van der Waals surface area contributed by atoms with Crippen molar-refractivity contribution in [1.82, 2.24) is 15.0 Å². The third-order valence-corrected chi connectivity index (χ3v) is 10.1. The Bertz CT molecular complexity index is 1150. The van der Waals surface area contributed by atoms with Crippen LogP contribution in [0.25, 0.3) is 11.0 Å². The van der Waals surface area contributed by atoms with Crippen molar-refractivity contribution in [3.63, 3.8) is 0 Å². The second-order valence-electron chi connectivity index (χ2n) is 11.2. The highest BCUT2D eigenvalue weighted by atomic mass is 16.1. The standard InChI is InChI=1S/C26H32N4O2/c1-25-12-11-19-17(18(25)9-10-20(25)24(27)32)8-7-15-13-16(31)14-23(26(15,19)2)30-22-6-4-3-5-21(22)28-29-30/h3-6,13,17-20,23H,7-12,14H2,1-2H3,(H2,27,32)/t17-,18-,19-,20+,23?,25-,26-/m0/s1. The van der Waals surface area contributed by atoms with Crippen LogP contribution in [0.1, 0.15) is 64.8 Å². The van der Waals surface area contributed by atoms with Crippen molar-refractivity contribution in [2.24, 2.45) is 40.2 Å². The van der Waals surface area contributed by atoms with E-state index in [1.807, 2.05) is 29.0 Å². The number of para-hydroxylation sites is 1. The van der Waals surface area contributed by atoms with Crippen LogP contribution in [0.3, 0.4) is 0 Å². The molecule has 6 nitrogen and oxygen atoms in total. The largest absolute Gasteiger partial charge is 0.369 e. The van der Waals surface area contributed by atoms with E-state index in [1.54, 1.807) is 0 Å². The first kappa shape index (κ1) is 20.1. The van der Waals surface area contributed by atoms with Gasteiger partial charge in [0.1, 0.15) is 5.52 Å². The summed E-state index contributed by atoms with van der Waals surface area (Å²) in [5, 5.41) is 8.98. The molecule has 0 bridgehead atoms. The number of amides is 1. The zero-order chi connectivity index (χ0) is 22.3. The van der Waals surface area contributed by atoms with Crippen molar-refractivity contribution in [2.45, 2.75) is 64.8 Å². The van der Waals surface area contributed by atoms with Gasteiger partial charge in [-0.2, -0.15) is 0 Å². The molecule has 32 heavy (non-hydrogen) atoms. The molecule has 3 fully saturated rings. The summed E-state index contributed by atoms with van der Waals surface area (Å²) in [6, 6.07) is 8.03. The second kappa shape index (κ2) is 6.75. The number of hydrogen-bond donors (Lipinski definition) is 1. The molecule has 4 aliphatic rings. The minimum absolute atomic E-state index is 0.00110. The Hall–Kier alpha value is -2.50. The number of benzene rings is 1. The van der Waals surface area contributed by atoms with Crippen molar-refractivity contribution < 1.29 is 9.59 Å². The Morgan fingerprint density at radius 3 is 2.75 bits per heavy atom. The summed E-state index contributed by atoms with van der Waals surface area (Å²) >= 11 is 0. The Labute approximate surface area is 188 Å². The summed E-state index contributed by atoms with van der Waals surface area (Å²) in [5.41, 5.74) is 8.91. The van der Waals surface area contributed by atoms with Crippen LogP contribution >= 0.6 is 0 Å². The van der Waals surface area contributed by atoms with Gasteiger partial charge in [-0.3, -0.25) is 9.59 Å². The highest BCUT2D eigenvalue weighted by Gasteiger charge is 2.62. The summed E-state index contributed by atoms with van der Waals surface area (Å²) in [4.78, 5) is 25.1. The molecule has 1 aromatic heterocycles. The van der Waals surface area contributed by atoms with Gasteiger partial charge in [0.2, 0.25) is 5.91 Å². The summed E-state index contributed by atoms with van der Waals surface area (Å²) in [6.45, 7) is 4.70. The first-order valence-electron chi connectivity index (χ1n) is 12.2. The van der Waals surface area contributed by atoms with Crippen molar-refractivity contribution in [2.75, 3.05) is 0 Å². The predicted octanol–water partition coefficient (Wildman–Crippen LogP) is 4.22. The SMILES string of the molecule is C[C@]12CC[C@H]3[C@@H](CCC4=CC(=O)CC(n5nnc6ccccc65)[C@@]43C)[C@@H]1CC[C@@H]2C(N)=O. The molecular weight excluding hydrogens is 400 g/mol. The van der Waals surface area contributed by atoms with Gasteiger partial charge in [0.25, 0.3) is 0 Å². The fourth-order valence-electron chi connectivity index (χ4n) is 8.53. The quantitative estimate of drug-likeness (QED) is 0.769. The van der Waals surface area contributed by atoms with E-state index in [2.05, 4.69) is 30.2 Å². The molecule has 1 amide bonds. The highest BCUT2D eigenvalue weighted by Crippen LogP contribution is 2.68. The molecule has 2 N–H and O–H groups in total. The molecule has 1 aromatic carbocycles. The molecule has 0 spiro atoms. The molecule has 6 rings (SSSR count). The zero-order valence-corrected chi connectivity index (χ0v) is 19.0. The van der Waals surface area contributed by atoms with Gasteiger partial charge in [-0.15, -0.1) is 5.10 Å². The van der Waals surface area contributed by atoms with Crippen molar-refractivity contribution in [3.05, 3.63) is 35.9 Å². The van der Waals surface area contributed by atoms with Crippen LogP contribution < -0.4 is 5.73 Å². The van der Waals surface area contributed by atoms with Crippen molar-refractivity contribution in [1.29, 1.82) is 0 Å². The normalized spacial score (nSPS) is 41.0. The number of carbonyl (C=O) groups excluding carboxylic acids is 2. The van der Waals surface area contributed by atoms with Crippen LogP contribution in [0, 0.1) is 34.5 Å². The Balaban J connectivity index is 1.44. The average molecular weight is 433 g/mol. The van der Waals surface area contributed by atoms with Gasteiger partial charge >= 0.3 is 0 Å². The molecule has 0 aliphatic heterocycles. The Kier molecular flexibility index (Phi) is 4.25. The molecule has 168 valence electrons. The minimum atomic E-state index is -0.126. The molecule has 1 heterocycles. The lowest BCUT2D eigenvalue weighted by molar-refractivity contribution is -0.131. The van der Waals surface area contributed by atoms with Crippen molar-refractivity contribution in [3.8, 4) is 0 Å². The van der Waals surface area contributed by atoms with Gasteiger partial charge in [0, 0.05) is 17.8 Å². The topological polar surface area (TPSA) is 90.9 Å². The van der Waals surface area contributed by atoms with Crippen LogP contribution in [0.5, 0.6) is 0 Å². The highest BCUT2D eigenvalue weighted by molar-refractivity contribution is 5.92. The fraction of sp³-hybridized carbons (Fsp3) is 0.615. The maximum Gasteiger partial charge on any atom is 0.221 e. The lowest BCUT2D eigenvalue weighted by Gasteiger charge is -2.59. The lowest BCUT2D eigenvalue weighted by atomic mass is 9.46. The van der Waals surface area contributed by atoms with Gasteiger partial charge in [-0.1, -0.05) is 36.8 Å². The number of carbonyl (C=O) groups is 2. The predicted molar refractivity (Wildman–Crippen MR) is 121 cm³/mol. The summed E-state index contributed by atoms with van der Waals surface area (Å²) < 4.78 is 2.04. The van der Waals surface area contributed by atoms with Crippen LogP contribution in [-0.2, 0) is 9.59 Å². The molecular formula is C26H32N4O2. The first-order chi connectivity index (χ1) is 15.3. The molecule has 4 aliphatic carbocycles. The minimum Gasteiger partial charge on any atom is -0.369 e. The second-order valence-corrected chi connectivity index (χ2v) is 11.2. The van der Waals surface area contributed by atoms with Gasteiger partial charge in [0.15, 0.2) is 5.78 Å². The number of nitrogens with two attached hydrogens (primary N) is 1. The number of primary amides is 1. The van der Waals surface area contributed by atoms with Crippen LogP contribution in [0.15, 0.2) is 35.9 Å². The number of fused-ring (bicyclic) bond motifs is 6. The van der Waals surface area contributed by atoms with E-state index in [0.717, 1.165) is 49.6 Å². The smallest absolute Gasteiger partial charge is 0.221 e. The lowest BCUT2D eigenvalue weighted by Crippen LogP contribution is -2.54. The van der Waals surface area contributed by atoms with E-state index >= 15 is 0 Å². The van der Waals surface area contributed by atoms with Crippen LogP contribution in [0.2, 0.25) is 0 Å². The third-order valence-electron chi connectivity index (χ3n) is 10.1. The maximum absolute atomic E-state index is 12.8. The van der Waals surface area contributed by atoms with Crippen molar-refractivity contribution >= 4 is 22.7 Å². The van der Waals surface area contributed by atoms with E-state index in [0.29, 0.717) is 24.2 Å². The van der Waals surface area contributed by atoms with Gasteiger partial charge < -0.3 is 5.73 Å². The number of hydrogen-bond acceptors (Lipinski definition) is 4. The van der Waals surface area contributed by atoms with E-state index in [4.69, 9.17) is 5.73 Å². The maximum atomic E-state index is 12.8.